The Hall–Kier alpha value is -2.21. The van der Waals surface area contributed by atoms with E-state index in [2.05, 4.69) is 24.1 Å². The molecule has 0 atom stereocenters. The fraction of sp³-hybridized carbons (Fsp3) is 0.353. The van der Waals surface area contributed by atoms with Crippen molar-refractivity contribution in [3.8, 4) is 5.75 Å². The van der Waals surface area contributed by atoms with Crippen LogP contribution >= 0.6 is 11.3 Å². The van der Waals surface area contributed by atoms with Crippen molar-refractivity contribution >= 4 is 28.2 Å². The Morgan fingerprint density at radius 1 is 1.30 bits per heavy atom. The molecule has 6 heteroatoms. The van der Waals surface area contributed by atoms with Gasteiger partial charge in [-0.3, -0.25) is 14.9 Å². The summed E-state index contributed by atoms with van der Waals surface area (Å²) < 4.78 is 5.20. The number of hydrogen-bond donors (Lipinski definition) is 1. The molecule has 1 amide bonds. The standard InChI is InChI=1S/C17H18N2O3S/c1-17(2)8-11-14(12(20)9-17)23-16(18-11)19-15(21)10-6-4-5-7-13(10)22-3/h4-7H,8-9H2,1-3H3,(H,18,19,21). The number of Topliss-reactive ketones (excluding diaryl/α,β-unsaturated/α-hetero) is 1. The number of ketones is 1. The molecular formula is C17H18N2O3S. The molecule has 23 heavy (non-hydrogen) atoms. The molecule has 0 saturated heterocycles. The van der Waals surface area contributed by atoms with Gasteiger partial charge >= 0.3 is 0 Å². The minimum Gasteiger partial charge on any atom is -0.496 e. The Bertz CT molecular complexity index is 780. The third-order valence-corrected chi connectivity index (χ3v) is 4.86. The number of para-hydroxylation sites is 1. The zero-order chi connectivity index (χ0) is 16.6. The minimum atomic E-state index is -0.291. The third kappa shape index (κ3) is 3.12. The van der Waals surface area contributed by atoms with E-state index in [9.17, 15) is 9.59 Å². The second-order valence-corrected chi connectivity index (χ2v) is 7.39. The zero-order valence-corrected chi connectivity index (χ0v) is 14.1. The highest BCUT2D eigenvalue weighted by Crippen LogP contribution is 2.38. The van der Waals surface area contributed by atoms with E-state index in [1.165, 1.54) is 18.4 Å². The number of amides is 1. The van der Waals surface area contributed by atoms with Gasteiger partial charge in [0.25, 0.3) is 5.91 Å². The number of nitrogens with one attached hydrogen (secondary N) is 1. The van der Waals surface area contributed by atoms with E-state index in [1.54, 1.807) is 24.3 Å². The van der Waals surface area contributed by atoms with Crippen LogP contribution in [-0.4, -0.2) is 23.8 Å². The maximum atomic E-state index is 12.4. The summed E-state index contributed by atoms with van der Waals surface area (Å²) in [5.74, 6) is 0.315. The molecule has 0 spiro atoms. The number of hydrogen-bond acceptors (Lipinski definition) is 5. The van der Waals surface area contributed by atoms with Gasteiger partial charge in [0.05, 0.1) is 23.2 Å². The molecule has 0 fully saturated rings. The van der Waals surface area contributed by atoms with E-state index in [-0.39, 0.29) is 17.1 Å². The maximum Gasteiger partial charge on any atom is 0.261 e. The molecule has 1 aromatic heterocycles. The smallest absolute Gasteiger partial charge is 0.261 e. The van der Waals surface area contributed by atoms with Crippen LogP contribution < -0.4 is 10.1 Å². The summed E-state index contributed by atoms with van der Waals surface area (Å²) in [4.78, 5) is 29.7. The predicted octanol–water partition coefficient (Wildman–Crippen LogP) is 3.56. The molecule has 0 unspecified atom stereocenters. The van der Waals surface area contributed by atoms with Crippen LogP contribution in [0.25, 0.3) is 0 Å². The topological polar surface area (TPSA) is 68.3 Å². The fourth-order valence-electron chi connectivity index (χ4n) is 2.77. The van der Waals surface area contributed by atoms with Gasteiger partial charge in [0.15, 0.2) is 10.9 Å². The highest BCUT2D eigenvalue weighted by molar-refractivity contribution is 7.17. The summed E-state index contributed by atoms with van der Waals surface area (Å²) in [7, 11) is 1.52. The van der Waals surface area contributed by atoms with Gasteiger partial charge in [-0.2, -0.15) is 0 Å². The van der Waals surface area contributed by atoms with Crippen LogP contribution in [0.1, 0.15) is 46.0 Å². The first kappa shape index (κ1) is 15.7. The number of methoxy groups -OCH3 is 1. The van der Waals surface area contributed by atoms with Crippen LogP contribution in [-0.2, 0) is 6.42 Å². The first-order valence-electron chi connectivity index (χ1n) is 7.37. The number of benzene rings is 1. The molecule has 2 aromatic rings. The lowest BCUT2D eigenvalue weighted by molar-refractivity contribution is 0.0915. The lowest BCUT2D eigenvalue weighted by Gasteiger charge is -2.26. The molecule has 5 nitrogen and oxygen atoms in total. The molecule has 1 heterocycles. The molecule has 0 aliphatic heterocycles. The second-order valence-electron chi connectivity index (χ2n) is 6.39. The number of carbonyl (C=O) groups is 2. The number of ether oxygens (including phenoxy) is 1. The van der Waals surface area contributed by atoms with Gasteiger partial charge in [0.2, 0.25) is 0 Å². The summed E-state index contributed by atoms with van der Waals surface area (Å²) in [6.07, 6.45) is 1.26. The van der Waals surface area contributed by atoms with Crippen LogP contribution in [0.3, 0.4) is 0 Å². The van der Waals surface area contributed by atoms with Crippen LogP contribution in [0.4, 0.5) is 5.13 Å². The molecule has 1 aromatic carbocycles. The summed E-state index contributed by atoms with van der Waals surface area (Å²) in [6, 6.07) is 7.00. The quantitative estimate of drug-likeness (QED) is 0.934. The minimum absolute atomic E-state index is 0.0813. The number of fused-ring (bicyclic) bond motifs is 1. The first-order valence-corrected chi connectivity index (χ1v) is 8.18. The Morgan fingerprint density at radius 2 is 2.04 bits per heavy atom. The van der Waals surface area contributed by atoms with Crippen molar-refractivity contribution < 1.29 is 14.3 Å². The predicted molar refractivity (Wildman–Crippen MR) is 89.5 cm³/mol. The van der Waals surface area contributed by atoms with Crippen LogP contribution in [0.15, 0.2) is 24.3 Å². The molecule has 0 bridgehead atoms. The average Bonchev–Trinajstić information content (AvgIpc) is 2.88. The number of aromatic nitrogens is 1. The van der Waals surface area contributed by atoms with E-state index in [0.29, 0.717) is 27.7 Å². The van der Waals surface area contributed by atoms with Gasteiger partial charge in [-0.15, -0.1) is 0 Å². The lowest BCUT2D eigenvalue weighted by atomic mass is 9.78. The lowest BCUT2D eigenvalue weighted by Crippen LogP contribution is -2.26. The van der Waals surface area contributed by atoms with Gasteiger partial charge in [-0.1, -0.05) is 37.3 Å². The van der Waals surface area contributed by atoms with Crippen LogP contribution in [0.5, 0.6) is 5.75 Å². The Labute approximate surface area is 138 Å². The van der Waals surface area contributed by atoms with E-state index < -0.39 is 0 Å². The van der Waals surface area contributed by atoms with E-state index in [0.717, 1.165) is 12.1 Å². The van der Waals surface area contributed by atoms with Gasteiger partial charge in [-0.05, 0) is 24.0 Å². The molecule has 120 valence electrons. The molecule has 0 radical (unpaired) electrons. The molecular weight excluding hydrogens is 312 g/mol. The fourth-order valence-corrected chi connectivity index (χ4v) is 3.68. The monoisotopic (exact) mass is 330 g/mol. The average molecular weight is 330 g/mol. The van der Waals surface area contributed by atoms with Crippen molar-refractivity contribution in [3.05, 3.63) is 40.4 Å². The highest BCUT2D eigenvalue weighted by Gasteiger charge is 2.34. The van der Waals surface area contributed by atoms with Crippen molar-refractivity contribution in [1.82, 2.24) is 4.98 Å². The summed E-state index contributed by atoms with van der Waals surface area (Å²) in [5, 5.41) is 3.23. The van der Waals surface area contributed by atoms with Gasteiger partial charge in [0, 0.05) is 6.42 Å². The maximum absolute atomic E-state index is 12.4. The number of thiazole rings is 1. The number of anilines is 1. The Balaban J connectivity index is 1.85. The summed E-state index contributed by atoms with van der Waals surface area (Å²) in [6.45, 7) is 4.11. The molecule has 0 saturated carbocycles. The van der Waals surface area contributed by atoms with E-state index in [1.807, 2.05) is 0 Å². The largest absolute Gasteiger partial charge is 0.496 e. The van der Waals surface area contributed by atoms with Crippen LogP contribution in [0, 0.1) is 5.41 Å². The molecule has 1 N–H and O–H groups in total. The summed E-state index contributed by atoms with van der Waals surface area (Å²) in [5.41, 5.74) is 1.14. The number of nitrogens with zero attached hydrogens (tertiary/aromatic N) is 1. The Morgan fingerprint density at radius 3 is 2.78 bits per heavy atom. The van der Waals surface area contributed by atoms with E-state index >= 15 is 0 Å². The third-order valence-electron chi connectivity index (χ3n) is 3.81. The SMILES string of the molecule is COc1ccccc1C(=O)Nc1nc2c(s1)C(=O)CC(C)(C)C2. The van der Waals surface area contributed by atoms with Crippen LogP contribution in [0.2, 0.25) is 0 Å². The first-order chi connectivity index (χ1) is 10.9. The molecule has 1 aliphatic carbocycles. The number of rotatable bonds is 3. The highest BCUT2D eigenvalue weighted by atomic mass is 32.1. The van der Waals surface area contributed by atoms with E-state index in [4.69, 9.17) is 4.74 Å². The van der Waals surface area contributed by atoms with Crippen molar-refractivity contribution in [2.24, 2.45) is 5.41 Å². The normalized spacial score (nSPS) is 15.9. The van der Waals surface area contributed by atoms with Gasteiger partial charge in [-0.25, -0.2) is 4.98 Å². The van der Waals surface area contributed by atoms with Crippen molar-refractivity contribution in [1.29, 1.82) is 0 Å². The van der Waals surface area contributed by atoms with Crippen molar-refractivity contribution in [2.45, 2.75) is 26.7 Å². The second kappa shape index (κ2) is 5.77. The summed E-state index contributed by atoms with van der Waals surface area (Å²) >= 11 is 1.25. The van der Waals surface area contributed by atoms with Gasteiger partial charge < -0.3 is 4.74 Å². The molecule has 1 aliphatic rings. The zero-order valence-electron chi connectivity index (χ0n) is 13.3. The Kier molecular flexibility index (Phi) is 3.93. The molecule has 3 rings (SSSR count). The number of carbonyl (C=O) groups excluding carboxylic acids is 2. The van der Waals surface area contributed by atoms with Crippen molar-refractivity contribution in [2.75, 3.05) is 12.4 Å². The van der Waals surface area contributed by atoms with Crippen molar-refractivity contribution in [3.63, 3.8) is 0 Å². The van der Waals surface area contributed by atoms with Gasteiger partial charge in [0.1, 0.15) is 5.75 Å².